The molecule has 3 rings (SSSR count). The van der Waals surface area contributed by atoms with Crippen molar-refractivity contribution in [3.63, 3.8) is 0 Å². The summed E-state index contributed by atoms with van der Waals surface area (Å²) in [5, 5.41) is 0. The van der Waals surface area contributed by atoms with Crippen molar-refractivity contribution in [2.45, 2.75) is 67.2 Å². The zero-order valence-corrected chi connectivity index (χ0v) is 19.9. The molecule has 0 aromatic heterocycles. The van der Waals surface area contributed by atoms with Crippen molar-refractivity contribution >= 4 is 5.57 Å². The Bertz CT molecular complexity index is 771. The first-order chi connectivity index (χ1) is 11.3. The van der Waals surface area contributed by atoms with E-state index in [2.05, 4.69) is 72.7 Å². The maximum atomic E-state index is 2.46. The molecule has 0 saturated heterocycles. The van der Waals surface area contributed by atoms with Gasteiger partial charge in [0.2, 0.25) is 0 Å². The molecular weight excluding hydrogens is 455 g/mol. The quantitative estimate of drug-likeness (QED) is 0.402. The third-order valence-electron chi connectivity index (χ3n) is 6.33. The SMILES string of the molecule is CCCC1=[C]([Hf][C]2=C(C)C(C)=C(C)C2(C)C)C(C)c2ccccc21. The van der Waals surface area contributed by atoms with E-state index in [-0.39, 0.29) is 5.41 Å². The van der Waals surface area contributed by atoms with Crippen molar-refractivity contribution in [1.29, 1.82) is 0 Å². The van der Waals surface area contributed by atoms with Crippen molar-refractivity contribution in [3.8, 4) is 0 Å². The molecule has 0 nitrogen and oxygen atoms in total. The summed E-state index contributed by atoms with van der Waals surface area (Å²) in [6.07, 6.45) is 2.50. The molecule has 126 valence electrons. The number of hydrogen-bond acceptors (Lipinski definition) is 0. The summed E-state index contributed by atoms with van der Waals surface area (Å²) >= 11 is -1.03. The number of hydrogen-bond donors (Lipinski definition) is 0. The van der Waals surface area contributed by atoms with Crippen LogP contribution >= 0.6 is 0 Å². The van der Waals surface area contributed by atoms with Crippen molar-refractivity contribution in [2.75, 3.05) is 0 Å². The van der Waals surface area contributed by atoms with Gasteiger partial charge in [-0.15, -0.1) is 0 Å². The normalized spacial score (nSPS) is 22.5. The van der Waals surface area contributed by atoms with Gasteiger partial charge in [0, 0.05) is 0 Å². The molecule has 0 fully saturated rings. The minimum atomic E-state index is -1.03. The maximum absolute atomic E-state index is 2.46. The number of benzene rings is 1. The monoisotopic (exact) mass is 486 g/mol. The van der Waals surface area contributed by atoms with Gasteiger partial charge < -0.3 is 0 Å². The van der Waals surface area contributed by atoms with Gasteiger partial charge in [0.15, 0.2) is 0 Å². The van der Waals surface area contributed by atoms with Crippen molar-refractivity contribution in [1.82, 2.24) is 0 Å². The average Bonchev–Trinajstić information content (AvgIpc) is 2.90. The van der Waals surface area contributed by atoms with Crippen LogP contribution in [0.15, 0.2) is 47.6 Å². The molecule has 0 saturated carbocycles. The molecule has 0 amide bonds. The Morgan fingerprint density at radius 3 is 2.29 bits per heavy atom. The Morgan fingerprint density at radius 2 is 1.71 bits per heavy atom. The summed E-state index contributed by atoms with van der Waals surface area (Å²) in [4.78, 5) is 0. The first kappa shape index (κ1) is 18.1. The Labute approximate surface area is 159 Å². The summed E-state index contributed by atoms with van der Waals surface area (Å²) in [6, 6.07) is 9.16. The predicted octanol–water partition coefficient (Wildman–Crippen LogP) is 7.05. The van der Waals surface area contributed by atoms with E-state index in [0.717, 1.165) is 0 Å². The molecule has 0 spiro atoms. The van der Waals surface area contributed by atoms with Crippen LogP contribution in [-0.2, 0) is 22.9 Å². The Balaban J connectivity index is 2.05. The van der Waals surface area contributed by atoms with E-state index >= 15 is 0 Å². The third kappa shape index (κ3) is 2.68. The van der Waals surface area contributed by atoms with Crippen molar-refractivity contribution in [3.05, 3.63) is 58.8 Å². The number of fused-ring (bicyclic) bond motifs is 1. The first-order valence-corrected chi connectivity index (χ1v) is 12.9. The van der Waals surface area contributed by atoms with Gasteiger partial charge in [-0.3, -0.25) is 0 Å². The van der Waals surface area contributed by atoms with Gasteiger partial charge >= 0.3 is 160 Å². The molecule has 0 radical (unpaired) electrons. The Hall–Kier alpha value is -0.690. The van der Waals surface area contributed by atoms with Crippen LogP contribution in [0.25, 0.3) is 5.57 Å². The van der Waals surface area contributed by atoms with Gasteiger partial charge in [-0.1, -0.05) is 0 Å². The van der Waals surface area contributed by atoms with E-state index in [1.165, 1.54) is 12.8 Å². The summed E-state index contributed by atoms with van der Waals surface area (Å²) in [7, 11) is 0. The van der Waals surface area contributed by atoms with Crippen LogP contribution < -0.4 is 0 Å². The zero-order chi connectivity index (χ0) is 17.6. The molecule has 0 bridgehead atoms. The molecule has 0 N–H and O–H groups in total. The molecule has 0 heterocycles. The third-order valence-corrected chi connectivity index (χ3v) is 14.4. The molecule has 2 aliphatic carbocycles. The molecule has 1 heteroatoms. The molecule has 1 aromatic rings. The van der Waals surface area contributed by atoms with E-state index in [1.807, 2.05) is 6.66 Å². The Morgan fingerprint density at radius 1 is 1.04 bits per heavy atom. The minimum absolute atomic E-state index is 0.288. The van der Waals surface area contributed by atoms with Gasteiger partial charge in [0.05, 0.1) is 0 Å². The molecule has 1 unspecified atom stereocenters. The van der Waals surface area contributed by atoms with E-state index in [4.69, 9.17) is 0 Å². The van der Waals surface area contributed by atoms with E-state index in [1.54, 1.807) is 33.4 Å². The van der Waals surface area contributed by atoms with Crippen LogP contribution in [0, 0.1) is 5.41 Å². The molecular formula is C23H30Hf. The van der Waals surface area contributed by atoms with Crippen molar-refractivity contribution in [2.24, 2.45) is 5.41 Å². The second-order valence-electron chi connectivity index (χ2n) is 7.95. The molecule has 1 atom stereocenters. The second-order valence-corrected chi connectivity index (χ2v) is 12.6. The van der Waals surface area contributed by atoms with E-state index in [9.17, 15) is 0 Å². The molecule has 0 aliphatic heterocycles. The number of rotatable bonds is 4. The van der Waals surface area contributed by atoms with E-state index < -0.39 is 22.9 Å². The van der Waals surface area contributed by atoms with Crippen molar-refractivity contribution < 1.29 is 22.9 Å². The summed E-state index contributed by atoms with van der Waals surface area (Å²) in [5.74, 6) is 0.642. The van der Waals surface area contributed by atoms with Gasteiger partial charge in [0.1, 0.15) is 0 Å². The van der Waals surface area contributed by atoms with Gasteiger partial charge in [-0.25, -0.2) is 0 Å². The van der Waals surface area contributed by atoms with Crippen LogP contribution in [0.5, 0.6) is 0 Å². The van der Waals surface area contributed by atoms with Gasteiger partial charge in [0.25, 0.3) is 0 Å². The molecule has 1 aromatic carbocycles. The van der Waals surface area contributed by atoms with Crippen LogP contribution in [0.4, 0.5) is 0 Å². The topological polar surface area (TPSA) is 0 Å². The van der Waals surface area contributed by atoms with Gasteiger partial charge in [-0.05, 0) is 0 Å². The fraction of sp³-hybridized carbons (Fsp3) is 0.478. The Kier molecular flexibility index (Phi) is 4.95. The molecule has 2 aliphatic rings. The summed E-state index contributed by atoms with van der Waals surface area (Å²) < 4.78 is 3.70. The summed E-state index contributed by atoms with van der Waals surface area (Å²) in [6.45, 7) is 16.7. The number of allylic oxidation sites excluding steroid dienone is 6. The first-order valence-electron chi connectivity index (χ1n) is 9.29. The van der Waals surface area contributed by atoms with Crippen LogP contribution in [0.3, 0.4) is 0 Å². The zero-order valence-electron chi connectivity index (χ0n) is 16.3. The van der Waals surface area contributed by atoms with Crippen LogP contribution in [0.1, 0.15) is 78.4 Å². The standard InChI is InChI=1S/C13H15.C10H15.Hf/c1-3-6-11-9-10(2)12-7-4-5-8-13(11)12;1-7-6-10(4,5)9(3)8(7)2;/h4-5,7-8,10H,3,6H2,1-2H3;1-5H3;. The summed E-state index contributed by atoms with van der Waals surface area (Å²) in [5.41, 5.74) is 9.92. The van der Waals surface area contributed by atoms with Crippen LogP contribution in [0.2, 0.25) is 0 Å². The second kappa shape index (κ2) is 6.56. The fourth-order valence-corrected chi connectivity index (χ4v) is 11.3. The van der Waals surface area contributed by atoms with Gasteiger partial charge in [-0.2, -0.15) is 0 Å². The predicted molar refractivity (Wildman–Crippen MR) is 102 cm³/mol. The molecule has 24 heavy (non-hydrogen) atoms. The van der Waals surface area contributed by atoms with Crippen LogP contribution in [-0.4, -0.2) is 0 Å². The average molecular weight is 485 g/mol. The fourth-order valence-electron chi connectivity index (χ4n) is 4.39. The van der Waals surface area contributed by atoms with E-state index in [0.29, 0.717) is 5.92 Å².